The van der Waals surface area contributed by atoms with Crippen LogP contribution < -0.4 is 10.9 Å². The Bertz CT molecular complexity index is 868. The first-order valence-electron chi connectivity index (χ1n) is 8.43. The molecule has 0 radical (unpaired) electrons. The molecule has 0 bridgehead atoms. The van der Waals surface area contributed by atoms with Gasteiger partial charge in [-0.3, -0.25) is 9.59 Å². The zero-order valence-electron chi connectivity index (χ0n) is 13.3. The summed E-state index contributed by atoms with van der Waals surface area (Å²) in [6, 6.07) is 9.54. The molecule has 5 heteroatoms. The molecule has 2 aliphatic rings. The lowest BCUT2D eigenvalue weighted by Gasteiger charge is -2.16. The van der Waals surface area contributed by atoms with E-state index in [9.17, 15) is 9.59 Å². The van der Waals surface area contributed by atoms with Crippen molar-refractivity contribution in [2.45, 2.75) is 44.7 Å². The summed E-state index contributed by atoms with van der Waals surface area (Å²) >= 11 is 6.33. The highest BCUT2D eigenvalue weighted by Gasteiger charge is 2.26. The number of carbonyl (C=O) groups is 1. The first-order valence-corrected chi connectivity index (χ1v) is 8.81. The summed E-state index contributed by atoms with van der Waals surface area (Å²) in [5.74, 6) is -0.0702. The monoisotopic (exact) mass is 342 g/mol. The van der Waals surface area contributed by atoms with Gasteiger partial charge in [0.1, 0.15) is 6.54 Å². The third kappa shape index (κ3) is 2.86. The summed E-state index contributed by atoms with van der Waals surface area (Å²) in [4.78, 5) is 24.8. The van der Waals surface area contributed by atoms with E-state index in [0.717, 1.165) is 54.5 Å². The van der Waals surface area contributed by atoms with Crippen molar-refractivity contribution in [3.8, 4) is 11.1 Å². The van der Waals surface area contributed by atoms with Gasteiger partial charge in [-0.1, -0.05) is 29.8 Å². The number of nitrogens with zero attached hydrogens (tertiary/aromatic N) is 1. The largest absolute Gasteiger partial charge is 0.352 e. The maximum Gasteiger partial charge on any atom is 0.251 e. The summed E-state index contributed by atoms with van der Waals surface area (Å²) in [6.07, 6.45) is 4.84. The maximum atomic E-state index is 12.7. The van der Waals surface area contributed by atoms with Crippen molar-refractivity contribution in [2.24, 2.45) is 0 Å². The van der Waals surface area contributed by atoms with Gasteiger partial charge in [0.05, 0.1) is 0 Å². The quantitative estimate of drug-likeness (QED) is 0.928. The molecular weight excluding hydrogens is 324 g/mol. The molecule has 4 rings (SSSR count). The number of benzene rings is 1. The maximum absolute atomic E-state index is 12.7. The number of halogens is 1. The smallest absolute Gasteiger partial charge is 0.251 e. The van der Waals surface area contributed by atoms with Crippen LogP contribution in [-0.4, -0.2) is 16.5 Å². The molecule has 0 spiro atoms. The van der Waals surface area contributed by atoms with Crippen LogP contribution in [0, 0.1) is 0 Å². The molecule has 1 saturated carbocycles. The zero-order chi connectivity index (χ0) is 16.7. The Morgan fingerprint density at radius 2 is 2.00 bits per heavy atom. The molecule has 124 valence electrons. The SMILES string of the molecule is O=C(Cn1c2c(c(-c3ccccc3Cl)cc1=O)CCC2)NC1CC1. The standard InChI is InChI=1S/C19H19ClN2O2/c20-16-6-2-1-4-13(16)15-10-19(24)22(17-7-3-5-14(15)17)11-18(23)21-12-8-9-12/h1-2,4,6,10,12H,3,5,7-9,11H2,(H,21,23). The van der Waals surface area contributed by atoms with Crippen LogP contribution in [0.3, 0.4) is 0 Å². The van der Waals surface area contributed by atoms with Gasteiger partial charge < -0.3 is 9.88 Å². The molecule has 24 heavy (non-hydrogen) atoms. The van der Waals surface area contributed by atoms with Crippen molar-refractivity contribution < 1.29 is 4.79 Å². The normalized spacial score (nSPS) is 16.0. The summed E-state index contributed by atoms with van der Waals surface area (Å²) in [6.45, 7) is 0.112. The Balaban J connectivity index is 1.75. The van der Waals surface area contributed by atoms with E-state index < -0.39 is 0 Å². The lowest BCUT2D eigenvalue weighted by molar-refractivity contribution is -0.121. The number of amides is 1. The topological polar surface area (TPSA) is 51.1 Å². The van der Waals surface area contributed by atoms with Crippen molar-refractivity contribution >= 4 is 17.5 Å². The van der Waals surface area contributed by atoms with E-state index in [4.69, 9.17) is 11.6 Å². The number of fused-ring (bicyclic) bond motifs is 1. The van der Waals surface area contributed by atoms with Gasteiger partial charge >= 0.3 is 0 Å². The van der Waals surface area contributed by atoms with E-state index in [2.05, 4.69) is 5.32 Å². The van der Waals surface area contributed by atoms with Crippen LogP contribution in [0.1, 0.15) is 30.5 Å². The Labute approximate surface area is 145 Å². The van der Waals surface area contributed by atoms with E-state index >= 15 is 0 Å². The molecule has 0 unspecified atom stereocenters. The Morgan fingerprint density at radius 3 is 2.75 bits per heavy atom. The van der Waals surface area contributed by atoms with E-state index in [1.807, 2.05) is 24.3 Å². The molecule has 4 nitrogen and oxygen atoms in total. The molecule has 1 N–H and O–H groups in total. The Morgan fingerprint density at radius 1 is 1.21 bits per heavy atom. The molecule has 0 atom stereocenters. The predicted molar refractivity (Wildman–Crippen MR) is 94.3 cm³/mol. The van der Waals surface area contributed by atoms with Crippen molar-refractivity contribution in [2.75, 3.05) is 0 Å². The molecule has 1 aromatic carbocycles. The fraction of sp³-hybridized carbons (Fsp3) is 0.368. The number of nitrogens with one attached hydrogen (secondary N) is 1. The third-order valence-corrected chi connectivity index (χ3v) is 5.11. The van der Waals surface area contributed by atoms with Crippen molar-refractivity contribution in [3.63, 3.8) is 0 Å². The molecular formula is C19H19ClN2O2. The fourth-order valence-electron chi connectivity index (χ4n) is 3.48. The van der Waals surface area contributed by atoms with Crippen LogP contribution in [0.2, 0.25) is 5.02 Å². The minimum Gasteiger partial charge on any atom is -0.352 e. The number of hydrogen-bond donors (Lipinski definition) is 1. The molecule has 1 aromatic heterocycles. The summed E-state index contributed by atoms with van der Waals surface area (Å²) < 4.78 is 1.64. The van der Waals surface area contributed by atoms with Crippen LogP contribution in [0.15, 0.2) is 35.1 Å². The molecule has 2 aliphatic carbocycles. The van der Waals surface area contributed by atoms with Gasteiger partial charge in [-0.05, 0) is 49.3 Å². The van der Waals surface area contributed by atoms with Gasteiger partial charge in [0.2, 0.25) is 5.91 Å². The van der Waals surface area contributed by atoms with Crippen molar-refractivity contribution in [3.05, 3.63) is 57.0 Å². The minimum atomic E-state index is -0.128. The van der Waals surface area contributed by atoms with E-state index in [1.54, 1.807) is 10.6 Å². The molecule has 0 aliphatic heterocycles. The fourth-order valence-corrected chi connectivity index (χ4v) is 3.71. The van der Waals surface area contributed by atoms with Crippen LogP contribution in [0.5, 0.6) is 0 Å². The van der Waals surface area contributed by atoms with E-state index in [0.29, 0.717) is 11.1 Å². The molecule has 1 amide bonds. The van der Waals surface area contributed by atoms with Crippen LogP contribution >= 0.6 is 11.6 Å². The lowest BCUT2D eigenvalue weighted by Crippen LogP contribution is -2.34. The zero-order valence-corrected chi connectivity index (χ0v) is 14.1. The first kappa shape index (κ1) is 15.5. The van der Waals surface area contributed by atoms with Gasteiger partial charge in [-0.2, -0.15) is 0 Å². The van der Waals surface area contributed by atoms with Crippen LogP contribution in [0.25, 0.3) is 11.1 Å². The summed E-state index contributed by atoms with van der Waals surface area (Å²) in [5, 5.41) is 3.60. The Kier molecular flexibility index (Phi) is 3.93. The number of rotatable bonds is 4. The summed E-state index contributed by atoms with van der Waals surface area (Å²) in [7, 11) is 0. The molecule has 1 fully saturated rings. The predicted octanol–water partition coefficient (Wildman–Crippen LogP) is 2.94. The summed E-state index contributed by atoms with van der Waals surface area (Å²) in [5.41, 5.74) is 3.82. The average molecular weight is 343 g/mol. The Hall–Kier alpha value is -2.07. The van der Waals surface area contributed by atoms with E-state index in [1.165, 1.54) is 0 Å². The highest BCUT2D eigenvalue weighted by molar-refractivity contribution is 6.33. The van der Waals surface area contributed by atoms with Gasteiger partial charge in [0, 0.05) is 28.4 Å². The molecule has 0 saturated heterocycles. The van der Waals surface area contributed by atoms with Gasteiger partial charge in [-0.15, -0.1) is 0 Å². The van der Waals surface area contributed by atoms with Crippen molar-refractivity contribution in [1.29, 1.82) is 0 Å². The first-order chi connectivity index (χ1) is 11.6. The average Bonchev–Trinajstić information content (AvgIpc) is 3.23. The van der Waals surface area contributed by atoms with Gasteiger partial charge in [0.25, 0.3) is 5.56 Å². The van der Waals surface area contributed by atoms with Gasteiger partial charge in [-0.25, -0.2) is 0 Å². The van der Waals surface area contributed by atoms with Crippen molar-refractivity contribution in [1.82, 2.24) is 9.88 Å². The number of carbonyl (C=O) groups excluding carboxylic acids is 1. The van der Waals surface area contributed by atoms with Crippen LogP contribution in [0.4, 0.5) is 0 Å². The highest BCUT2D eigenvalue weighted by Crippen LogP contribution is 2.34. The number of pyridine rings is 1. The third-order valence-electron chi connectivity index (χ3n) is 4.78. The minimum absolute atomic E-state index is 0.0702. The van der Waals surface area contributed by atoms with E-state index in [-0.39, 0.29) is 18.0 Å². The molecule has 1 heterocycles. The number of aromatic nitrogens is 1. The molecule has 2 aromatic rings. The number of hydrogen-bond acceptors (Lipinski definition) is 2. The lowest BCUT2D eigenvalue weighted by atomic mass is 9.99. The second-order valence-electron chi connectivity index (χ2n) is 6.58. The van der Waals surface area contributed by atoms with Crippen LogP contribution in [-0.2, 0) is 24.2 Å². The highest BCUT2D eigenvalue weighted by atomic mass is 35.5. The van der Waals surface area contributed by atoms with Gasteiger partial charge in [0.15, 0.2) is 0 Å². The second kappa shape index (κ2) is 6.10. The second-order valence-corrected chi connectivity index (χ2v) is 6.99.